The third-order valence-electron chi connectivity index (χ3n) is 1.47. The van der Waals surface area contributed by atoms with E-state index >= 15 is 0 Å². The molecular formula is C9H5ClI2O3. The Kier molecular flexibility index (Phi) is 4.78. The first-order valence-electron chi connectivity index (χ1n) is 3.79. The average molecular weight is 450 g/mol. The van der Waals surface area contributed by atoms with Crippen LogP contribution in [0.15, 0.2) is 12.1 Å². The molecule has 0 atom stereocenters. The van der Waals surface area contributed by atoms with Crippen LogP contribution in [0, 0.1) is 7.14 Å². The zero-order chi connectivity index (χ0) is 11.6. The topological polar surface area (TPSA) is 43.4 Å². The van der Waals surface area contributed by atoms with Gasteiger partial charge in [0.15, 0.2) is 5.75 Å². The smallest absolute Gasteiger partial charge is 0.308 e. The maximum Gasteiger partial charge on any atom is 0.308 e. The SMILES string of the molecule is CC(=O)Oc1c(I)cc(I)cc1C(=O)Cl. The van der Waals surface area contributed by atoms with Gasteiger partial charge in [-0.2, -0.15) is 0 Å². The molecule has 0 fully saturated rings. The van der Waals surface area contributed by atoms with Crippen LogP contribution in [0.4, 0.5) is 0 Å². The second kappa shape index (κ2) is 5.44. The maximum atomic E-state index is 11.1. The molecule has 80 valence electrons. The first-order valence-corrected chi connectivity index (χ1v) is 6.32. The number of rotatable bonds is 2. The van der Waals surface area contributed by atoms with Gasteiger partial charge in [0.1, 0.15) is 0 Å². The minimum Gasteiger partial charge on any atom is -0.425 e. The van der Waals surface area contributed by atoms with Gasteiger partial charge < -0.3 is 4.74 Å². The summed E-state index contributed by atoms with van der Waals surface area (Å²) < 4.78 is 6.48. The molecule has 0 aliphatic carbocycles. The van der Waals surface area contributed by atoms with Crippen molar-refractivity contribution in [2.45, 2.75) is 6.92 Å². The number of ether oxygens (including phenoxy) is 1. The fraction of sp³-hybridized carbons (Fsp3) is 0.111. The van der Waals surface area contributed by atoms with Crippen LogP contribution in [0.25, 0.3) is 0 Å². The first-order chi connectivity index (χ1) is 6.91. The molecule has 0 bridgehead atoms. The molecular weight excluding hydrogens is 445 g/mol. The van der Waals surface area contributed by atoms with Crippen molar-refractivity contribution >= 4 is 68.0 Å². The van der Waals surface area contributed by atoms with E-state index in [1.54, 1.807) is 12.1 Å². The van der Waals surface area contributed by atoms with E-state index in [9.17, 15) is 9.59 Å². The van der Waals surface area contributed by atoms with Gasteiger partial charge in [-0.1, -0.05) is 0 Å². The predicted molar refractivity (Wildman–Crippen MR) is 73.4 cm³/mol. The molecule has 0 saturated carbocycles. The minimum absolute atomic E-state index is 0.211. The number of esters is 1. The van der Waals surface area contributed by atoms with E-state index in [1.165, 1.54) is 6.92 Å². The standard InChI is InChI=1S/C9H5ClI2O3/c1-4(13)15-8-6(9(10)14)2-5(11)3-7(8)12/h2-3H,1H3. The molecule has 1 aromatic rings. The summed E-state index contributed by atoms with van der Waals surface area (Å²) in [6.45, 7) is 1.27. The predicted octanol–water partition coefficient (Wildman–Crippen LogP) is 3.20. The van der Waals surface area contributed by atoms with Gasteiger partial charge in [0.05, 0.1) is 9.13 Å². The third kappa shape index (κ3) is 3.56. The summed E-state index contributed by atoms with van der Waals surface area (Å²) >= 11 is 9.44. The van der Waals surface area contributed by atoms with Crippen molar-refractivity contribution in [3.8, 4) is 5.75 Å². The van der Waals surface area contributed by atoms with Crippen LogP contribution in [0.5, 0.6) is 5.75 Å². The highest BCUT2D eigenvalue weighted by molar-refractivity contribution is 14.1. The van der Waals surface area contributed by atoms with Gasteiger partial charge in [0.25, 0.3) is 5.24 Å². The Bertz CT molecular complexity index is 432. The molecule has 1 rings (SSSR count). The summed E-state index contributed by atoms with van der Waals surface area (Å²) in [4.78, 5) is 22.0. The molecule has 0 aliphatic heterocycles. The van der Waals surface area contributed by atoms with Crippen LogP contribution < -0.4 is 4.74 Å². The molecule has 0 unspecified atom stereocenters. The summed E-state index contributed by atoms with van der Waals surface area (Å²) in [5.74, 6) is -0.253. The van der Waals surface area contributed by atoms with Gasteiger partial charge in [-0.15, -0.1) is 0 Å². The number of hydrogen-bond acceptors (Lipinski definition) is 3. The van der Waals surface area contributed by atoms with Crippen molar-refractivity contribution < 1.29 is 14.3 Å². The summed E-state index contributed by atoms with van der Waals surface area (Å²) in [6, 6.07) is 3.37. The molecule has 0 heterocycles. The van der Waals surface area contributed by atoms with E-state index in [-0.39, 0.29) is 11.3 Å². The van der Waals surface area contributed by atoms with E-state index in [2.05, 4.69) is 22.6 Å². The zero-order valence-electron chi connectivity index (χ0n) is 7.51. The van der Waals surface area contributed by atoms with Crippen molar-refractivity contribution in [3.05, 3.63) is 24.8 Å². The van der Waals surface area contributed by atoms with E-state index < -0.39 is 11.2 Å². The van der Waals surface area contributed by atoms with Crippen molar-refractivity contribution in [2.75, 3.05) is 0 Å². The molecule has 3 nitrogen and oxygen atoms in total. The summed E-state index contributed by atoms with van der Waals surface area (Å²) in [7, 11) is 0. The Morgan fingerprint density at radius 2 is 1.93 bits per heavy atom. The number of hydrogen-bond donors (Lipinski definition) is 0. The molecule has 0 aromatic heterocycles. The fourth-order valence-electron chi connectivity index (χ4n) is 0.954. The lowest BCUT2D eigenvalue weighted by Gasteiger charge is -2.08. The summed E-state index contributed by atoms with van der Waals surface area (Å²) in [6.07, 6.45) is 0. The molecule has 0 radical (unpaired) electrons. The monoisotopic (exact) mass is 450 g/mol. The fourth-order valence-corrected chi connectivity index (χ4v) is 3.05. The van der Waals surface area contributed by atoms with E-state index in [0.29, 0.717) is 3.57 Å². The molecule has 0 N–H and O–H groups in total. The first kappa shape index (κ1) is 13.2. The zero-order valence-corrected chi connectivity index (χ0v) is 12.6. The van der Waals surface area contributed by atoms with Crippen molar-refractivity contribution in [1.29, 1.82) is 0 Å². The summed E-state index contributed by atoms with van der Waals surface area (Å²) in [5, 5.41) is -0.636. The van der Waals surface area contributed by atoms with Crippen molar-refractivity contribution in [3.63, 3.8) is 0 Å². The van der Waals surface area contributed by atoms with Crippen molar-refractivity contribution in [2.24, 2.45) is 0 Å². The largest absolute Gasteiger partial charge is 0.425 e. The highest BCUT2D eigenvalue weighted by Gasteiger charge is 2.16. The highest BCUT2D eigenvalue weighted by Crippen LogP contribution is 2.29. The van der Waals surface area contributed by atoms with Gasteiger partial charge in [-0.05, 0) is 68.9 Å². The Balaban J connectivity index is 3.33. The average Bonchev–Trinajstić information content (AvgIpc) is 2.08. The van der Waals surface area contributed by atoms with Crippen LogP contribution in [0.3, 0.4) is 0 Å². The van der Waals surface area contributed by atoms with Crippen LogP contribution >= 0.6 is 56.8 Å². The lowest BCUT2D eigenvalue weighted by atomic mass is 10.2. The minimum atomic E-state index is -0.636. The van der Waals surface area contributed by atoms with Crippen LogP contribution in [-0.4, -0.2) is 11.2 Å². The van der Waals surface area contributed by atoms with E-state index in [0.717, 1.165) is 3.57 Å². The molecule has 6 heteroatoms. The third-order valence-corrected chi connectivity index (χ3v) is 3.09. The van der Waals surface area contributed by atoms with Gasteiger partial charge >= 0.3 is 5.97 Å². The van der Waals surface area contributed by atoms with E-state index in [4.69, 9.17) is 16.3 Å². The van der Waals surface area contributed by atoms with Gasteiger partial charge in [0.2, 0.25) is 0 Å². The Labute approximate surface area is 119 Å². The molecule has 0 saturated heterocycles. The number of benzene rings is 1. The van der Waals surface area contributed by atoms with Crippen LogP contribution in [0.2, 0.25) is 0 Å². The molecule has 0 spiro atoms. The number of carbonyl (C=O) groups is 2. The Morgan fingerprint density at radius 3 is 2.40 bits per heavy atom. The summed E-state index contributed by atoms with van der Waals surface area (Å²) in [5.41, 5.74) is 0.211. The molecule has 0 aliphatic rings. The molecule has 1 aromatic carbocycles. The number of halogens is 3. The van der Waals surface area contributed by atoms with Crippen LogP contribution in [-0.2, 0) is 4.79 Å². The lowest BCUT2D eigenvalue weighted by molar-refractivity contribution is -0.131. The maximum absolute atomic E-state index is 11.1. The van der Waals surface area contributed by atoms with E-state index in [1.807, 2.05) is 22.6 Å². The number of carbonyl (C=O) groups excluding carboxylic acids is 2. The van der Waals surface area contributed by atoms with Crippen LogP contribution in [0.1, 0.15) is 17.3 Å². The molecule has 0 amide bonds. The van der Waals surface area contributed by atoms with Crippen molar-refractivity contribution in [1.82, 2.24) is 0 Å². The van der Waals surface area contributed by atoms with Gasteiger partial charge in [0, 0.05) is 10.5 Å². The lowest BCUT2D eigenvalue weighted by Crippen LogP contribution is -2.07. The Morgan fingerprint density at radius 1 is 1.33 bits per heavy atom. The second-order valence-corrected chi connectivity index (χ2v) is 5.38. The van der Waals surface area contributed by atoms with Gasteiger partial charge in [-0.3, -0.25) is 9.59 Å². The second-order valence-electron chi connectivity index (χ2n) is 2.63. The highest BCUT2D eigenvalue weighted by atomic mass is 127. The van der Waals surface area contributed by atoms with Gasteiger partial charge in [-0.25, -0.2) is 0 Å². The Hall–Kier alpha value is 0.110. The quantitative estimate of drug-likeness (QED) is 0.301. The normalized spacial score (nSPS) is 9.87. The molecule has 15 heavy (non-hydrogen) atoms.